The third kappa shape index (κ3) is 2.77. The Hall–Kier alpha value is -0.420. The first-order valence-electron chi connectivity index (χ1n) is 5.51. The predicted molar refractivity (Wildman–Crippen MR) is 78.8 cm³/mol. The van der Waals surface area contributed by atoms with E-state index in [-0.39, 0.29) is 5.82 Å². The Morgan fingerprint density at radius 2 is 2.17 bits per heavy atom. The van der Waals surface area contributed by atoms with Crippen molar-refractivity contribution in [2.24, 2.45) is 5.73 Å². The third-order valence-corrected chi connectivity index (χ3v) is 5.22. The molecule has 18 heavy (non-hydrogen) atoms. The summed E-state index contributed by atoms with van der Waals surface area (Å²) in [7, 11) is 0. The fourth-order valence-corrected chi connectivity index (χ4v) is 3.14. The standard InChI is InChI=1S/C13H12BrClFNS/c1-2-7-3-4-12(18-7)13(17)8-5-10(15)9(14)6-11(8)16/h3-6,13H,2,17H2,1H3. The van der Waals surface area contributed by atoms with Crippen LogP contribution in [0.5, 0.6) is 0 Å². The van der Waals surface area contributed by atoms with Gasteiger partial charge in [-0.2, -0.15) is 0 Å². The summed E-state index contributed by atoms with van der Waals surface area (Å²) in [5.74, 6) is -0.342. The molecule has 1 nitrogen and oxygen atoms in total. The maximum absolute atomic E-state index is 13.9. The first-order chi connectivity index (χ1) is 8.52. The van der Waals surface area contributed by atoms with Gasteiger partial charge in [0.1, 0.15) is 5.82 Å². The Balaban J connectivity index is 2.39. The molecule has 2 aromatic rings. The monoisotopic (exact) mass is 347 g/mol. The SMILES string of the molecule is CCc1ccc(C(N)c2cc(Cl)c(Br)cc2F)s1. The summed E-state index contributed by atoms with van der Waals surface area (Å²) in [4.78, 5) is 2.19. The minimum absolute atomic E-state index is 0.342. The van der Waals surface area contributed by atoms with E-state index in [1.807, 2.05) is 12.1 Å². The van der Waals surface area contributed by atoms with E-state index in [4.69, 9.17) is 17.3 Å². The molecule has 5 heteroatoms. The zero-order chi connectivity index (χ0) is 13.3. The molecule has 2 rings (SSSR count). The number of halogens is 3. The van der Waals surface area contributed by atoms with Crippen molar-refractivity contribution >= 4 is 38.9 Å². The fraction of sp³-hybridized carbons (Fsp3) is 0.231. The molecule has 0 saturated heterocycles. The molecule has 0 amide bonds. The van der Waals surface area contributed by atoms with Gasteiger partial charge in [0.2, 0.25) is 0 Å². The van der Waals surface area contributed by atoms with Crippen molar-refractivity contribution in [3.63, 3.8) is 0 Å². The number of hydrogen-bond acceptors (Lipinski definition) is 2. The van der Waals surface area contributed by atoms with Crippen molar-refractivity contribution in [3.8, 4) is 0 Å². The normalized spacial score (nSPS) is 12.7. The van der Waals surface area contributed by atoms with Crippen LogP contribution in [0, 0.1) is 5.82 Å². The summed E-state index contributed by atoms with van der Waals surface area (Å²) in [5.41, 5.74) is 6.52. The minimum atomic E-state index is -0.471. The van der Waals surface area contributed by atoms with Gasteiger partial charge in [0.05, 0.1) is 11.1 Å². The van der Waals surface area contributed by atoms with Gasteiger partial charge in [-0.1, -0.05) is 18.5 Å². The molecule has 0 aliphatic rings. The average molecular weight is 349 g/mol. The topological polar surface area (TPSA) is 26.0 Å². The van der Waals surface area contributed by atoms with Crippen molar-refractivity contribution in [3.05, 3.63) is 54.9 Å². The van der Waals surface area contributed by atoms with Crippen LogP contribution in [0.15, 0.2) is 28.7 Å². The minimum Gasteiger partial charge on any atom is -0.320 e. The van der Waals surface area contributed by atoms with Gasteiger partial charge < -0.3 is 5.73 Å². The summed E-state index contributed by atoms with van der Waals surface area (Å²) in [6.07, 6.45) is 0.959. The second-order valence-electron chi connectivity index (χ2n) is 3.92. The number of nitrogens with two attached hydrogens (primary N) is 1. The third-order valence-electron chi connectivity index (χ3n) is 2.71. The van der Waals surface area contributed by atoms with E-state index in [1.54, 1.807) is 17.4 Å². The quantitative estimate of drug-likeness (QED) is 0.783. The smallest absolute Gasteiger partial charge is 0.129 e. The summed E-state index contributed by atoms with van der Waals surface area (Å²) >= 11 is 10.8. The summed E-state index contributed by atoms with van der Waals surface area (Å²) in [6.45, 7) is 2.08. The van der Waals surface area contributed by atoms with Gasteiger partial charge >= 0.3 is 0 Å². The van der Waals surface area contributed by atoms with Crippen LogP contribution in [-0.2, 0) is 6.42 Å². The van der Waals surface area contributed by atoms with Gasteiger partial charge in [0.15, 0.2) is 0 Å². The molecule has 0 spiro atoms. The van der Waals surface area contributed by atoms with E-state index in [9.17, 15) is 4.39 Å². The van der Waals surface area contributed by atoms with Crippen molar-refractivity contribution in [2.75, 3.05) is 0 Å². The highest BCUT2D eigenvalue weighted by atomic mass is 79.9. The summed E-state index contributed by atoms with van der Waals surface area (Å²) in [5, 5.41) is 0.467. The molecule has 2 N–H and O–H groups in total. The highest BCUT2D eigenvalue weighted by molar-refractivity contribution is 9.10. The maximum Gasteiger partial charge on any atom is 0.129 e. The van der Waals surface area contributed by atoms with E-state index in [0.29, 0.717) is 15.1 Å². The van der Waals surface area contributed by atoms with Crippen molar-refractivity contribution in [1.82, 2.24) is 0 Å². The molecule has 1 aromatic heterocycles. The molecule has 0 radical (unpaired) electrons. The van der Waals surface area contributed by atoms with Crippen molar-refractivity contribution in [1.29, 1.82) is 0 Å². The van der Waals surface area contributed by atoms with Gasteiger partial charge in [-0.3, -0.25) is 0 Å². The molecule has 0 aliphatic heterocycles. The van der Waals surface area contributed by atoms with Crippen LogP contribution >= 0.6 is 38.9 Å². The highest BCUT2D eigenvalue weighted by Crippen LogP contribution is 2.33. The zero-order valence-electron chi connectivity index (χ0n) is 9.71. The van der Waals surface area contributed by atoms with Crippen LogP contribution in [0.4, 0.5) is 4.39 Å². The second-order valence-corrected chi connectivity index (χ2v) is 6.38. The lowest BCUT2D eigenvalue weighted by Gasteiger charge is -2.12. The van der Waals surface area contributed by atoms with Crippen LogP contribution in [0.3, 0.4) is 0 Å². The molecule has 0 aliphatic carbocycles. The Bertz CT molecular complexity index is 570. The van der Waals surface area contributed by atoms with Gasteiger partial charge in [0.25, 0.3) is 0 Å². The molecule has 1 unspecified atom stereocenters. The molecule has 1 aromatic carbocycles. The van der Waals surface area contributed by atoms with E-state index in [1.165, 1.54) is 10.9 Å². The van der Waals surface area contributed by atoms with Crippen molar-refractivity contribution < 1.29 is 4.39 Å². The largest absolute Gasteiger partial charge is 0.320 e. The van der Waals surface area contributed by atoms with Crippen LogP contribution in [-0.4, -0.2) is 0 Å². The van der Waals surface area contributed by atoms with Gasteiger partial charge in [-0.05, 0) is 46.6 Å². The first-order valence-corrected chi connectivity index (χ1v) is 7.50. The lowest BCUT2D eigenvalue weighted by atomic mass is 10.1. The van der Waals surface area contributed by atoms with Crippen molar-refractivity contribution in [2.45, 2.75) is 19.4 Å². The van der Waals surface area contributed by atoms with Crippen LogP contribution in [0.1, 0.15) is 28.3 Å². The molecule has 0 fully saturated rings. The number of thiophene rings is 1. The summed E-state index contributed by atoms with van der Waals surface area (Å²) < 4.78 is 14.4. The fourth-order valence-electron chi connectivity index (χ4n) is 1.68. The number of hydrogen-bond donors (Lipinski definition) is 1. The Morgan fingerprint density at radius 1 is 1.44 bits per heavy atom. The molecule has 0 saturated carbocycles. The second kappa shape index (κ2) is 5.70. The predicted octanol–water partition coefficient (Wildman–Crippen LogP) is 4.91. The van der Waals surface area contributed by atoms with E-state index < -0.39 is 6.04 Å². The summed E-state index contributed by atoms with van der Waals surface area (Å²) in [6, 6.07) is 6.44. The van der Waals surface area contributed by atoms with Crippen LogP contribution in [0.2, 0.25) is 5.02 Å². The van der Waals surface area contributed by atoms with Crippen LogP contribution in [0.25, 0.3) is 0 Å². The van der Waals surface area contributed by atoms with Gasteiger partial charge in [-0.15, -0.1) is 11.3 Å². The highest BCUT2D eigenvalue weighted by Gasteiger charge is 2.17. The Kier molecular flexibility index (Phi) is 4.43. The van der Waals surface area contributed by atoms with Gasteiger partial charge in [0, 0.05) is 19.8 Å². The number of benzene rings is 1. The van der Waals surface area contributed by atoms with E-state index in [2.05, 4.69) is 22.9 Å². The molecule has 1 heterocycles. The number of rotatable bonds is 3. The molecular formula is C13H12BrClFNS. The Labute approximate surface area is 123 Å². The van der Waals surface area contributed by atoms with E-state index in [0.717, 1.165) is 11.3 Å². The molecule has 0 bridgehead atoms. The molecule has 1 atom stereocenters. The molecular weight excluding hydrogens is 337 g/mol. The first kappa shape index (κ1) is 14.0. The number of aryl methyl sites for hydroxylation is 1. The zero-order valence-corrected chi connectivity index (χ0v) is 12.9. The van der Waals surface area contributed by atoms with Crippen LogP contribution < -0.4 is 5.73 Å². The van der Waals surface area contributed by atoms with Gasteiger partial charge in [-0.25, -0.2) is 4.39 Å². The average Bonchev–Trinajstić information content (AvgIpc) is 2.81. The van der Waals surface area contributed by atoms with E-state index >= 15 is 0 Å². The lowest BCUT2D eigenvalue weighted by molar-refractivity contribution is 0.600. The lowest BCUT2D eigenvalue weighted by Crippen LogP contribution is -2.12. The Morgan fingerprint density at radius 3 is 2.78 bits per heavy atom. The maximum atomic E-state index is 13.9. The molecule has 96 valence electrons.